The third-order valence-electron chi connectivity index (χ3n) is 2.66. The Bertz CT molecular complexity index is 588. The molecular formula is C12H13ClN2OS. The molecule has 0 aliphatic heterocycles. The first-order chi connectivity index (χ1) is 8.08. The van der Waals surface area contributed by atoms with E-state index in [-0.39, 0.29) is 5.56 Å². The van der Waals surface area contributed by atoms with Crippen LogP contribution in [0.25, 0.3) is 0 Å². The lowest BCUT2D eigenvalue weighted by molar-refractivity contribution is 0.565. The van der Waals surface area contributed by atoms with Crippen molar-refractivity contribution in [3.05, 3.63) is 51.4 Å². The van der Waals surface area contributed by atoms with Crippen LogP contribution in [-0.4, -0.2) is 9.36 Å². The third-order valence-corrected chi connectivity index (χ3v) is 3.92. The molecule has 1 heterocycles. The predicted octanol–water partition coefficient (Wildman–Crippen LogP) is 2.67. The van der Waals surface area contributed by atoms with Crippen molar-refractivity contribution in [2.24, 2.45) is 14.1 Å². The van der Waals surface area contributed by atoms with Gasteiger partial charge >= 0.3 is 0 Å². The van der Waals surface area contributed by atoms with Gasteiger partial charge < -0.3 is 0 Å². The van der Waals surface area contributed by atoms with Gasteiger partial charge in [-0.3, -0.25) is 14.2 Å². The number of hydrogen-bond donors (Lipinski definition) is 0. The van der Waals surface area contributed by atoms with E-state index in [2.05, 4.69) is 0 Å². The summed E-state index contributed by atoms with van der Waals surface area (Å²) in [5.74, 6) is 0.757. The molecule has 0 unspecified atom stereocenters. The number of benzene rings is 1. The van der Waals surface area contributed by atoms with E-state index in [1.165, 1.54) is 0 Å². The summed E-state index contributed by atoms with van der Waals surface area (Å²) in [5.41, 5.74) is 1.02. The standard InChI is InChI=1S/C12H13ClN2OS/c1-14-10(7-12(16)15(14)2)8-17-11-5-3-4-9(13)6-11/h3-7H,8H2,1-2H3. The van der Waals surface area contributed by atoms with E-state index in [0.717, 1.165) is 21.4 Å². The lowest BCUT2D eigenvalue weighted by Gasteiger charge is -2.05. The van der Waals surface area contributed by atoms with E-state index in [1.54, 1.807) is 29.6 Å². The maximum atomic E-state index is 11.4. The van der Waals surface area contributed by atoms with Crippen LogP contribution in [0.1, 0.15) is 5.69 Å². The zero-order valence-corrected chi connectivity index (χ0v) is 11.3. The topological polar surface area (TPSA) is 26.9 Å². The van der Waals surface area contributed by atoms with Crippen molar-refractivity contribution in [3.8, 4) is 0 Å². The largest absolute Gasteiger partial charge is 0.289 e. The molecule has 0 fully saturated rings. The van der Waals surface area contributed by atoms with Crippen LogP contribution in [0.3, 0.4) is 0 Å². The second-order valence-electron chi connectivity index (χ2n) is 3.77. The van der Waals surface area contributed by atoms with E-state index >= 15 is 0 Å². The lowest BCUT2D eigenvalue weighted by atomic mass is 10.4. The maximum Gasteiger partial charge on any atom is 0.266 e. The van der Waals surface area contributed by atoms with E-state index < -0.39 is 0 Å². The maximum absolute atomic E-state index is 11.4. The van der Waals surface area contributed by atoms with E-state index in [1.807, 2.05) is 36.0 Å². The van der Waals surface area contributed by atoms with Gasteiger partial charge in [0.05, 0.1) is 5.69 Å². The summed E-state index contributed by atoms with van der Waals surface area (Å²) in [5, 5.41) is 0.733. The summed E-state index contributed by atoms with van der Waals surface area (Å²) in [4.78, 5) is 12.5. The van der Waals surface area contributed by atoms with E-state index in [9.17, 15) is 4.79 Å². The quantitative estimate of drug-likeness (QED) is 0.801. The highest BCUT2D eigenvalue weighted by molar-refractivity contribution is 7.98. The Balaban J connectivity index is 2.12. The summed E-state index contributed by atoms with van der Waals surface area (Å²) in [7, 11) is 3.64. The molecule has 0 saturated heterocycles. The number of halogens is 1. The Kier molecular flexibility index (Phi) is 3.64. The van der Waals surface area contributed by atoms with Crippen molar-refractivity contribution in [1.82, 2.24) is 9.36 Å². The molecule has 0 bridgehead atoms. The molecule has 1 aromatic heterocycles. The highest BCUT2D eigenvalue weighted by Gasteiger charge is 2.05. The molecule has 0 spiro atoms. The predicted molar refractivity (Wildman–Crippen MR) is 71.7 cm³/mol. The first-order valence-corrected chi connectivity index (χ1v) is 6.54. The summed E-state index contributed by atoms with van der Waals surface area (Å²) in [6.07, 6.45) is 0. The van der Waals surface area contributed by atoms with Gasteiger partial charge in [0.25, 0.3) is 5.56 Å². The molecule has 0 saturated carbocycles. The Labute approximate surface area is 109 Å². The smallest absolute Gasteiger partial charge is 0.266 e. The minimum Gasteiger partial charge on any atom is -0.289 e. The fourth-order valence-electron chi connectivity index (χ4n) is 1.52. The van der Waals surface area contributed by atoms with Gasteiger partial charge in [0, 0.05) is 35.8 Å². The summed E-state index contributed by atoms with van der Waals surface area (Å²) < 4.78 is 3.45. The Hall–Kier alpha value is -1.13. The molecule has 2 aromatic rings. The molecular weight excluding hydrogens is 256 g/mol. The van der Waals surface area contributed by atoms with Crippen LogP contribution in [0.15, 0.2) is 40.0 Å². The molecule has 0 radical (unpaired) electrons. The number of thioether (sulfide) groups is 1. The number of nitrogens with zero attached hydrogens (tertiary/aromatic N) is 2. The molecule has 0 N–H and O–H groups in total. The molecule has 1 aromatic carbocycles. The Morgan fingerprint density at radius 2 is 2.00 bits per heavy atom. The molecule has 90 valence electrons. The minimum atomic E-state index is 0.0224. The molecule has 5 heteroatoms. The van der Waals surface area contributed by atoms with E-state index in [4.69, 9.17) is 11.6 Å². The van der Waals surface area contributed by atoms with Crippen LogP contribution < -0.4 is 5.56 Å². The van der Waals surface area contributed by atoms with Crippen molar-refractivity contribution < 1.29 is 0 Å². The van der Waals surface area contributed by atoms with Crippen molar-refractivity contribution in [3.63, 3.8) is 0 Å². The van der Waals surface area contributed by atoms with Crippen LogP contribution in [-0.2, 0) is 19.8 Å². The zero-order chi connectivity index (χ0) is 12.4. The number of rotatable bonds is 3. The first kappa shape index (κ1) is 12.3. The lowest BCUT2D eigenvalue weighted by Crippen LogP contribution is -2.16. The fourth-order valence-corrected chi connectivity index (χ4v) is 2.74. The van der Waals surface area contributed by atoms with Crippen LogP contribution in [0.5, 0.6) is 0 Å². The molecule has 3 nitrogen and oxygen atoms in total. The summed E-state index contributed by atoms with van der Waals surface area (Å²) >= 11 is 7.58. The van der Waals surface area contributed by atoms with Gasteiger partial charge in [0.15, 0.2) is 0 Å². The monoisotopic (exact) mass is 268 g/mol. The highest BCUT2D eigenvalue weighted by atomic mass is 35.5. The average molecular weight is 269 g/mol. The van der Waals surface area contributed by atoms with Gasteiger partial charge in [-0.15, -0.1) is 11.8 Å². The van der Waals surface area contributed by atoms with Crippen LogP contribution >= 0.6 is 23.4 Å². The Morgan fingerprint density at radius 3 is 2.59 bits per heavy atom. The SMILES string of the molecule is Cn1c(CSc2cccc(Cl)c2)cc(=O)n1C. The summed E-state index contributed by atoms with van der Waals surface area (Å²) in [6.45, 7) is 0. The number of hydrogen-bond acceptors (Lipinski definition) is 2. The zero-order valence-electron chi connectivity index (χ0n) is 9.68. The molecule has 17 heavy (non-hydrogen) atoms. The molecule has 0 amide bonds. The van der Waals surface area contributed by atoms with Crippen LogP contribution in [0.2, 0.25) is 5.02 Å². The third kappa shape index (κ3) is 2.76. The minimum absolute atomic E-state index is 0.0224. The van der Waals surface area contributed by atoms with Crippen molar-refractivity contribution >= 4 is 23.4 Å². The second-order valence-corrected chi connectivity index (χ2v) is 5.25. The normalized spacial score (nSPS) is 10.8. The van der Waals surface area contributed by atoms with Gasteiger partial charge in [-0.25, -0.2) is 0 Å². The van der Waals surface area contributed by atoms with Gasteiger partial charge in [-0.1, -0.05) is 17.7 Å². The van der Waals surface area contributed by atoms with E-state index in [0.29, 0.717) is 0 Å². The molecule has 0 aliphatic carbocycles. The molecule has 0 aliphatic rings. The van der Waals surface area contributed by atoms with Crippen LogP contribution in [0, 0.1) is 0 Å². The van der Waals surface area contributed by atoms with Crippen molar-refractivity contribution in [2.75, 3.05) is 0 Å². The molecule has 0 atom stereocenters. The van der Waals surface area contributed by atoms with Crippen molar-refractivity contribution in [2.45, 2.75) is 10.6 Å². The van der Waals surface area contributed by atoms with Gasteiger partial charge in [0.1, 0.15) is 0 Å². The first-order valence-electron chi connectivity index (χ1n) is 5.18. The van der Waals surface area contributed by atoms with Crippen molar-refractivity contribution in [1.29, 1.82) is 0 Å². The van der Waals surface area contributed by atoms with Gasteiger partial charge in [0.2, 0.25) is 0 Å². The average Bonchev–Trinajstić information content (AvgIpc) is 2.54. The van der Waals surface area contributed by atoms with Crippen LogP contribution in [0.4, 0.5) is 0 Å². The summed E-state index contributed by atoms with van der Waals surface area (Å²) in [6, 6.07) is 9.38. The highest BCUT2D eigenvalue weighted by Crippen LogP contribution is 2.24. The fraction of sp³-hybridized carbons (Fsp3) is 0.250. The molecule has 2 rings (SSSR count). The van der Waals surface area contributed by atoms with Gasteiger partial charge in [-0.2, -0.15) is 0 Å². The number of aromatic nitrogens is 2. The Morgan fingerprint density at radius 1 is 1.24 bits per heavy atom. The van der Waals surface area contributed by atoms with Gasteiger partial charge in [-0.05, 0) is 18.2 Å². The second kappa shape index (κ2) is 5.02.